The summed E-state index contributed by atoms with van der Waals surface area (Å²) < 4.78 is 6.81. The number of carbonyl (C=O) groups is 2. The SMILES string of the molecule is COCCCN1CCN(Cc2ccc(C=Cc3n[nH]c4ccccc34)c(-n3cc4cccc([N+](=O)[O-])c4c3C(=O)C=O)c2)CC1. The van der Waals surface area contributed by atoms with Crippen molar-refractivity contribution in [1.29, 1.82) is 0 Å². The number of aromatic nitrogens is 3. The summed E-state index contributed by atoms with van der Waals surface area (Å²) in [5, 5.41) is 21.1. The Morgan fingerprint density at radius 3 is 2.62 bits per heavy atom. The van der Waals surface area contributed by atoms with Crippen molar-refractivity contribution in [3.05, 3.63) is 99.5 Å². The van der Waals surface area contributed by atoms with Crippen LogP contribution in [-0.4, -0.2) is 88.0 Å². The van der Waals surface area contributed by atoms with Gasteiger partial charge in [-0.15, -0.1) is 0 Å². The Balaban J connectivity index is 1.40. The molecule has 0 bridgehead atoms. The van der Waals surface area contributed by atoms with Crippen molar-refractivity contribution in [3.63, 3.8) is 0 Å². The predicted octanol–water partition coefficient (Wildman–Crippen LogP) is 5.12. The number of aldehydes is 1. The first kappa shape index (κ1) is 30.1. The number of benzene rings is 3. The zero-order valence-corrected chi connectivity index (χ0v) is 25.0. The standard InChI is InChI=1S/C34H34N6O5/c1-45-19-5-14-37-15-17-38(18-16-37)21-24-10-11-25(12-13-29-27-7-2-3-8-28(27)35-36-29)31(20-24)39-22-26-6-4-9-30(40(43)44)33(26)34(39)32(42)23-41/h2-4,6-13,20,22-23H,5,14-19,21H2,1H3,(H,35,36). The summed E-state index contributed by atoms with van der Waals surface area (Å²) in [4.78, 5) is 41.3. The van der Waals surface area contributed by atoms with E-state index in [0.29, 0.717) is 17.6 Å². The summed E-state index contributed by atoms with van der Waals surface area (Å²) in [6, 6.07) is 18.5. The highest BCUT2D eigenvalue weighted by Gasteiger charge is 2.26. The van der Waals surface area contributed by atoms with Crippen LogP contribution in [0.15, 0.2) is 66.9 Å². The van der Waals surface area contributed by atoms with Gasteiger partial charge in [0.1, 0.15) is 5.69 Å². The first-order valence-corrected chi connectivity index (χ1v) is 14.9. The van der Waals surface area contributed by atoms with Crippen LogP contribution in [0, 0.1) is 10.1 Å². The first-order chi connectivity index (χ1) is 22.0. The number of hydrogen-bond donors (Lipinski definition) is 1. The van der Waals surface area contributed by atoms with Gasteiger partial charge in [-0.1, -0.05) is 48.5 Å². The van der Waals surface area contributed by atoms with Gasteiger partial charge >= 0.3 is 0 Å². The molecule has 0 amide bonds. The van der Waals surface area contributed by atoms with Gasteiger partial charge in [0.05, 0.1) is 27.2 Å². The number of rotatable bonds is 12. The molecular formula is C34H34N6O5. The Morgan fingerprint density at radius 1 is 1.04 bits per heavy atom. The summed E-state index contributed by atoms with van der Waals surface area (Å²) in [6.07, 6.45) is 6.72. The molecule has 1 aliphatic rings. The van der Waals surface area contributed by atoms with Crippen LogP contribution < -0.4 is 0 Å². The number of fused-ring (bicyclic) bond motifs is 2. The number of ketones is 1. The monoisotopic (exact) mass is 606 g/mol. The number of methoxy groups -OCH3 is 1. The molecule has 1 N–H and O–H groups in total. The van der Waals surface area contributed by atoms with Gasteiger partial charge in [0.15, 0.2) is 6.29 Å². The third kappa shape index (κ3) is 6.32. The molecule has 6 rings (SSSR count). The minimum Gasteiger partial charge on any atom is -0.385 e. The third-order valence-corrected chi connectivity index (χ3v) is 8.33. The molecule has 45 heavy (non-hydrogen) atoms. The fraction of sp³-hybridized carbons (Fsp3) is 0.265. The van der Waals surface area contributed by atoms with E-state index in [9.17, 15) is 19.7 Å². The minimum atomic E-state index is -0.831. The quantitative estimate of drug-likeness (QED) is 0.0518. The smallest absolute Gasteiger partial charge is 0.279 e. The molecule has 0 spiro atoms. The molecule has 2 aromatic heterocycles. The number of Topliss-reactive ketones (excluding diaryl/α,β-unsaturated/α-hetero) is 1. The van der Waals surface area contributed by atoms with Crippen LogP contribution >= 0.6 is 0 Å². The van der Waals surface area contributed by atoms with Crippen molar-refractivity contribution >= 4 is 51.6 Å². The Morgan fingerprint density at radius 2 is 1.84 bits per heavy atom. The number of hydrogen-bond acceptors (Lipinski definition) is 8. The molecule has 1 saturated heterocycles. The van der Waals surface area contributed by atoms with Gasteiger partial charge in [0, 0.05) is 76.0 Å². The van der Waals surface area contributed by atoms with Crippen molar-refractivity contribution < 1.29 is 19.2 Å². The molecule has 0 saturated carbocycles. The Bertz CT molecular complexity index is 1900. The number of ether oxygens (including phenoxy) is 1. The van der Waals surface area contributed by atoms with E-state index in [0.717, 1.165) is 73.5 Å². The van der Waals surface area contributed by atoms with Crippen molar-refractivity contribution in [1.82, 2.24) is 24.6 Å². The molecule has 11 heteroatoms. The van der Waals surface area contributed by atoms with Crippen LogP contribution in [0.5, 0.6) is 0 Å². The van der Waals surface area contributed by atoms with Gasteiger partial charge in [-0.3, -0.25) is 29.7 Å². The van der Waals surface area contributed by atoms with E-state index >= 15 is 0 Å². The van der Waals surface area contributed by atoms with Gasteiger partial charge < -0.3 is 14.2 Å². The fourth-order valence-corrected chi connectivity index (χ4v) is 6.07. The molecule has 0 aliphatic carbocycles. The summed E-state index contributed by atoms with van der Waals surface area (Å²) in [7, 11) is 1.72. The second-order valence-electron chi connectivity index (χ2n) is 11.2. The maximum Gasteiger partial charge on any atom is 0.279 e. The lowest BCUT2D eigenvalue weighted by Gasteiger charge is -2.34. The molecule has 0 radical (unpaired) electrons. The lowest BCUT2D eigenvalue weighted by atomic mass is 10.1. The van der Waals surface area contributed by atoms with E-state index in [-0.39, 0.29) is 23.1 Å². The van der Waals surface area contributed by atoms with Gasteiger partial charge in [0.25, 0.3) is 5.69 Å². The third-order valence-electron chi connectivity index (χ3n) is 8.33. The van der Waals surface area contributed by atoms with E-state index < -0.39 is 10.7 Å². The van der Waals surface area contributed by atoms with E-state index in [1.165, 1.54) is 6.07 Å². The van der Waals surface area contributed by atoms with Crippen LogP contribution in [0.3, 0.4) is 0 Å². The Labute approximate surface area is 259 Å². The number of nitro groups is 1. The van der Waals surface area contributed by atoms with E-state index in [1.54, 1.807) is 30.0 Å². The first-order valence-electron chi connectivity index (χ1n) is 14.9. The fourth-order valence-electron chi connectivity index (χ4n) is 6.07. The molecular weight excluding hydrogens is 572 g/mol. The van der Waals surface area contributed by atoms with Crippen molar-refractivity contribution in [3.8, 4) is 5.69 Å². The highest BCUT2D eigenvalue weighted by atomic mass is 16.6. The van der Waals surface area contributed by atoms with Crippen LogP contribution in [0.4, 0.5) is 5.69 Å². The topological polar surface area (TPSA) is 127 Å². The number of nitrogens with zero attached hydrogens (tertiary/aromatic N) is 5. The average molecular weight is 607 g/mol. The number of aromatic amines is 1. The maximum atomic E-state index is 13.1. The average Bonchev–Trinajstić information content (AvgIpc) is 3.66. The van der Waals surface area contributed by atoms with E-state index in [4.69, 9.17) is 4.74 Å². The van der Waals surface area contributed by atoms with Crippen molar-refractivity contribution in [2.75, 3.05) is 46.4 Å². The van der Waals surface area contributed by atoms with Crippen molar-refractivity contribution in [2.45, 2.75) is 13.0 Å². The number of nitro benzene ring substituents is 1. The molecule has 0 unspecified atom stereocenters. The van der Waals surface area contributed by atoms with Crippen molar-refractivity contribution in [2.24, 2.45) is 0 Å². The zero-order valence-electron chi connectivity index (χ0n) is 25.0. The number of piperazine rings is 1. The number of para-hydroxylation sites is 1. The lowest BCUT2D eigenvalue weighted by Crippen LogP contribution is -2.46. The highest BCUT2D eigenvalue weighted by molar-refractivity contribution is 6.36. The molecule has 3 heterocycles. The van der Waals surface area contributed by atoms with E-state index in [2.05, 4.69) is 26.1 Å². The molecule has 1 aliphatic heterocycles. The van der Waals surface area contributed by atoms with Gasteiger partial charge in [-0.25, -0.2) is 0 Å². The number of carbonyl (C=O) groups excluding carboxylic acids is 2. The number of nitrogens with one attached hydrogen (secondary N) is 1. The Hall–Kier alpha value is -4.97. The second kappa shape index (κ2) is 13.3. The second-order valence-corrected chi connectivity index (χ2v) is 11.2. The van der Waals surface area contributed by atoms with Crippen LogP contribution in [0.1, 0.15) is 33.7 Å². The van der Waals surface area contributed by atoms with Gasteiger partial charge in [0.2, 0.25) is 5.78 Å². The summed E-state index contributed by atoms with van der Waals surface area (Å²) >= 11 is 0. The van der Waals surface area contributed by atoms with Crippen LogP contribution in [-0.2, 0) is 16.1 Å². The molecule has 11 nitrogen and oxygen atoms in total. The summed E-state index contributed by atoms with van der Waals surface area (Å²) in [5.41, 5.74) is 3.83. The van der Waals surface area contributed by atoms with Crippen LogP contribution in [0.25, 0.3) is 39.5 Å². The summed E-state index contributed by atoms with van der Waals surface area (Å²) in [5.74, 6) is -0.831. The Kier molecular flexibility index (Phi) is 8.92. The molecule has 1 fully saturated rings. The predicted molar refractivity (Wildman–Crippen MR) is 174 cm³/mol. The lowest BCUT2D eigenvalue weighted by molar-refractivity contribution is -0.383. The number of H-pyrrole nitrogens is 1. The largest absolute Gasteiger partial charge is 0.385 e. The van der Waals surface area contributed by atoms with E-state index in [1.807, 2.05) is 48.6 Å². The van der Waals surface area contributed by atoms with Gasteiger partial charge in [-0.05, 0) is 35.8 Å². The highest BCUT2D eigenvalue weighted by Crippen LogP contribution is 2.34. The molecule has 0 atom stereocenters. The molecule has 5 aromatic rings. The molecule has 230 valence electrons. The molecule has 3 aromatic carbocycles. The minimum absolute atomic E-state index is 0.0333. The normalized spacial score (nSPS) is 14.5. The van der Waals surface area contributed by atoms with Gasteiger partial charge in [-0.2, -0.15) is 5.10 Å². The summed E-state index contributed by atoms with van der Waals surface area (Å²) in [6.45, 7) is 6.25. The number of non-ortho nitro benzene ring substituents is 1. The van der Waals surface area contributed by atoms with Crippen LogP contribution in [0.2, 0.25) is 0 Å². The maximum absolute atomic E-state index is 13.1. The zero-order chi connectivity index (χ0) is 31.3.